The van der Waals surface area contributed by atoms with Crippen molar-refractivity contribution in [2.45, 2.75) is 18.4 Å². The molecule has 0 spiro atoms. The second kappa shape index (κ2) is 8.19. The molecule has 3 aromatic rings. The highest BCUT2D eigenvalue weighted by Crippen LogP contribution is 2.33. The van der Waals surface area contributed by atoms with E-state index >= 15 is 0 Å². The van der Waals surface area contributed by atoms with E-state index in [1.54, 1.807) is 41.8 Å². The van der Waals surface area contributed by atoms with Gasteiger partial charge < -0.3 is 15.0 Å². The zero-order valence-corrected chi connectivity index (χ0v) is 18.9. The van der Waals surface area contributed by atoms with Crippen molar-refractivity contribution in [1.29, 1.82) is 0 Å². The van der Waals surface area contributed by atoms with Crippen molar-refractivity contribution in [2.75, 3.05) is 26.3 Å². The number of ether oxygens (including phenoxy) is 1. The molecule has 0 aliphatic carbocycles. The Hall–Kier alpha value is -3.39. The summed E-state index contributed by atoms with van der Waals surface area (Å²) >= 11 is 0. The second-order valence-electron chi connectivity index (χ2n) is 9.06. The molecule has 33 heavy (non-hydrogen) atoms. The average molecular weight is 449 g/mol. The number of aromatic nitrogens is 2. The Morgan fingerprint density at radius 1 is 0.970 bits per heavy atom. The van der Waals surface area contributed by atoms with E-state index < -0.39 is 5.54 Å². The number of benzene rings is 2. The molecule has 2 fully saturated rings. The molecule has 0 unspecified atom stereocenters. The van der Waals surface area contributed by atoms with Crippen LogP contribution >= 0.6 is 0 Å². The lowest BCUT2D eigenvalue weighted by Gasteiger charge is -2.43. The fraction of sp³-hybridized carbons (Fsp3) is 0.400. The Bertz CT molecular complexity index is 1260. The second-order valence-corrected chi connectivity index (χ2v) is 9.06. The van der Waals surface area contributed by atoms with Crippen LogP contribution < -0.4 is 11.0 Å². The van der Waals surface area contributed by atoms with Gasteiger partial charge in [0.15, 0.2) is 0 Å². The molecule has 8 nitrogen and oxygen atoms in total. The number of fused-ring (bicyclic) bond motifs is 1. The van der Waals surface area contributed by atoms with Crippen LogP contribution in [0.2, 0.25) is 0 Å². The van der Waals surface area contributed by atoms with Gasteiger partial charge in [-0.2, -0.15) is 0 Å². The summed E-state index contributed by atoms with van der Waals surface area (Å²) in [6, 6.07) is 15.3. The predicted molar refractivity (Wildman–Crippen MR) is 124 cm³/mol. The lowest BCUT2D eigenvalue weighted by molar-refractivity contribution is -0.132. The molecule has 1 N–H and O–H groups in total. The summed E-state index contributed by atoms with van der Waals surface area (Å²) in [5.74, 6) is -0.381. The quantitative estimate of drug-likeness (QED) is 0.659. The largest absolute Gasteiger partial charge is 0.381 e. The molecule has 5 rings (SSSR count). The van der Waals surface area contributed by atoms with Crippen LogP contribution in [0.1, 0.15) is 28.8 Å². The first-order valence-corrected chi connectivity index (χ1v) is 11.3. The molecule has 0 bridgehead atoms. The zero-order valence-electron chi connectivity index (χ0n) is 18.9. The van der Waals surface area contributed by atoms with E-state index in [9.17, 15) is 14.4 Å². The van der Waals surface area contributed by atoms with Gasteiger partial charge in [0, 0.05) is 46.0 Å². The summed E-state index contributed by atoms with van der Waals surface area (Å²) in [4.78, 5) is 40.0. The van der Waals surface area contributed by atoms with Crippen molar-refractivity contribution in [3.63, 3.8) is 0 Å². The van der Waals surface area contributed by atoms with Gasteiger partial charge in [-0.05, 0) is 36.6 Å². The minimum absolute atomic E-state index is 0.0225. The van der Waals surface area contributed by atoms with Crippen molar-refractivity contribution in [2.24, 2.45) is 20.0 Å². The molecule has 172 valence electrons. The maximum Gasteiger partial charge on any atom is 0.328 e. The number of nitrogens with zero attached hydrogens (tertiary/aromatic N) is 3. The molecule has 0 radical (unpaired) electrons. The standard InChI is InChI=1S/C25H28N4O4/c1-27-20-9-8-17(14-21(20)28(2)24(27)32)23(31)29-15-18(16-29)22(30)26-25(10-12-33-13-11-25)19-6-4-3-5-7-19/h3-9,14,18H,10-13,15-16H2,1-2H3,(H,26,30). The average Bonchev–Trinajstić information content (AvgIpc) is 3.02. The van der Waals surface area contributed by atoms with Gasteiger partial charge in [-0.3, -0.25) is 18.7 Å². The van der Waals surface area contributed by atoms with Crippen molar-refractivity contribution in [3.05, 3.63) is 70.1 Å². The highest BCUT2D eigenvalue weighted by Gasteiger charge is 2.41. The van der Waals surface area contributed by atoms with Gasteiger partial charge in [0.2, 0.25) is 5.91 Å². The highest BCUT2D eigenvalue weighted by molar-refractivity contribution is 5.99. The van der Waals surface area contributed by atoms with Gasteiger partial charge in [0.1, 0.15) is 0 Å². The number of likely N-dealkylation sites (tertiary alicyclic amines) is 1. The smallest absolute Gasteiger partial charge is 0.328 e. The molecule has 3 heterocycles. The van der Waals surface area contributed by atoms with Crippen molar-refractivity contribution in [1.82, 2.24) is 19.4 Å². The summed E-state index contributed by atoms with van der Waals surface area (Å²) in [6.45, 7) is 1.99. The van der Waals surface area contributed by atoms with Crippen LogP contribution in [0.3, 0.4) is 0 Å². The van der Waals surface area contributed by atoms with Crippen molar-refractivity contribution >= 4 is 22.8 Å². The fourth-order valence-corrected chi connectivity index (χ4v) is 4.93. The summed E-state index contributed by atoms with van der Waals surface area (Å²) in [6.07, 6.45) is 1.46. The molecule has 2 aromatic carbocycles. The minimum Gasteiger partial charge on any atom is -0.381 e. The monoisotopic (exact) mass is 448 g/mol. The minimum atomic E-state index is -0.426. The SMILES string of the molecule is Cn1c(=O)n(C)c2cc(C(=O)N3CC(C(=O)NC4(c5ccccc5)CCOCC4)C3)ccc21. The van der Waals surface area contributed by atoms with Crippen LogP contribution in [0, 0.1) is 5.92 Å². The molecule has 2 aliphatic heterocycles. The van der Waals surface area contributed by atoms with Crippen LogP contribution in [-0.2, 0) is 29.2 Å². The third kappa shape index (κ3) is 3.64. The molecule has 0 atom stereocenters. The Kier molecular flexibility index (Phi) is 5.32. The van der Waals surface area contributed by atoms with Crippen LogP contribution in [0.4, 0.5) is 0 Å². The van der Waals surface area contributed by atoms with Gasteiger partial charge in [-0.25, -0.2) is 4.79 Å². The first kappa shape index (κ1) is 21.5. The van der Waals surface area contributed by atoms with E-state index in [1.807, 2.05) is 18.2 Å². The molecular weight excluding hydrogens is 420 g/mol. The van der Waals surface area contributed by atoms with Crippen LogP contribution in [0.15, 0.2) is 53.3 Å². The molecule has 2 aliphatic rings. The predicted octanol–water partition coefficient (Wildman–Crippen LogP) is 1.77. The Morgan fingerprint density at radius 2 is 1.64 bits per heavy atom. The van der Waals surface area contributed by atoms with Gasteiger partial charge in [0.05, 0.1) is 22.5 Å². The maximum atomic E-state index is 13.1. The summed E-state index contributed by atoms with van der Waals surface area (Å²) < 4.78 is 8.65. The molecular formula is C25H28N4O4. The van der Waals surface area contributed by atoms with Gasteiger partial charge in [0.25, 0.3) is 5.91 Å². The number of rotatable bonds is 4. The number of imidazole rings is 1. The maximum absolute atomic E-state index is 13.1. The van der Waals surface area contributed by atoms with E-state index in [1.165, 1.54) is 4.57 Å². The third-order valence-corrected chi connectivity index (χ3v) is 7.09. The fourth-order valence-electron chi connectivity index (χ4n) is 4.93. The Morgan fingerprint density at radius 3 is 2.33 bits per heavy atom. The van der Waals surface area contributed by atoms with Gasteiger partial charge in [-0.15, -0.1) is 0 Å². The number of aryl methyl sites for hydroxylation is 2. The van der Waals surface area contributed by atoms with E-state index in [4.69, 9.17) is 4.74 Å². The van der Waals surface area contributed by atoms with Gasteiger partial charge in [-0.1, -0.05) is 30.3 Å². The van der Waals surface area contributed by atoms with E-state index in [0.29, 0.717) is 37.4 Å². The van der Waals surface area contributed by atoms with Crippen LogP contribution in [-0.4, -0.2) is 52.2 Å². The van der Waals surface area contributed by atoms with E-state index in [0.717, 1.165) is 23.9 Å². The van der Waals surface area contributed by atoms with Crippen molar-refractivity contribution in [3.8, 4) is 0 Å². The topological polar surface area (TPSA) is 85.6 Å². The summed E-state index contributed by atoms with van der Waals surface area (Å²) in [5, 5.41) is 3.29. The van der Waals surface area contributed by atoms with Gasteiger partial charge >= 0.3 is 5.69 Å². The summed E-state index contributed by atoms with van der Waals surface area (Å²) in [7, 11) is 3.41. The molecule has 2 amide bonds. The zero-order chi connectivity index (χ0) is 23.2. The summed E-state index contributed by atoms with van der Waals surface area (Å²) in [5.41, 5.74) is 2.55. The van der Waals surface area contributed by atoms with E-state index in [2.05, 4.69) is 17.4 Å². The number of hydrogen-bond donors (Lipinski definition) is 1. The lowest BCUT2D eigenvalue weighted by Crippen LogP contribution is -2.59. The molecule has 1 aromatic heterocycles. The molecule has 8 heteroatoms. The normalized spacial score (nSPS) is 18.2. The number of amides is 2. The Balaban J connectivity index is 1.27. The van der Waals surface area contributed by atoms with Crippen LogP contribution in [0.25, 0.3) is 11.0 Å². The highest BCUT2D eigenvalue weighted by atomic mass is 16.5. The Labute approximate surface area is 191 Å². The van der Waals surface area contributed by atoms with Crippen molar-refractivity contribution < 1.29 is 14.3 Å². The van der Waals surface area contributed by atoms with E-state index in [-0.39, 0.29) is 23.4 Å². The number of nitrogens with one attached hydrogen (secondary N) is 1. The number of hydrogen-bond acceptors (Lipinski definition) is 4. The number of carbonyl (C=O) groups is 2. The first-order chi connectivity index (χ1) is 15.9. The lowest BCUT2D eigenvalue weighted by atomic mass is 9.81. The first-order valence-electron chi connectivity index (χ1n) is 11.3. The van der Waals surface area contributed by atoms with Crippen LogP contribution in [0.5, 0.6) is 0 Å². The molecule has 2 saturated heterocycles. The molecule has 0 saturated carbocycles. The number of carbonyl (C=O) groups excluding carboxylic acids is 2. The third-order valence-electron chi connectivity index (χ3n) is 7.09.